The van der Waals surface area contributed by atoms with Gasteiger partial charge in [0.2, 0.25) is 5.91 Å². The van der Waals surface area contributed by atoms with Crippen LogP contribution in [0.4, 0.5) is 5.82 Å². The molecule has 1 rings (SSSR count). The highest BCUT2D eigenvalue weighted by atomic mass is 79.9. The van der Waals surface area contributed by atoms with Gasteiger partial charge in [-0.1, -0.05) is 11.6 Å². The highest BCUT2D eigenvalue weighted by molar-refractivity contribution is 9.10. The molecule has 18 heavy (non-hydrogen) atoms. The average molecular weight is 335 g/mol. The van der Waals surface area contributed by atoms with Gasteiger partial charge in [0.1, 0.15) is 5.82 Å². The third-order valence-electron chi connectivity index (χ3n) is 2.25. The van der Waals surface area contributed by atoms with Crippen molar-refractivity contribution in [1.82, 2.24) is 10.3 Å². The summed E-state index contributed by atoms with van der Waals surface area (Å²) in [6, 6.07) is 1.91. The van der Waals surface area contributed by atoms with Crippen molar-refractivity contribution < 1.29 is 4.79 Å². The lowest BCUT2D eigenvalue weighted by Gasteiger charge is -2.23. The molecule has 0 aliphatic heterocycles. The van der Waals surface area contributed by atoms with Gasteiger partial charge in [0.25, 0.3) is 0 Å². The van der Waals surface area contributed by atoms with Crippen LogP contribution in [-0.4, -0.2) is 30.0 Å². The molecular weight excluding hydrogens is 318 g/mol. The Morgan fingerprint density at radius 2 is 2.28 bits per heavy atom. The zero-order valence-electron chi connectivity index (χ0n) is 10.7. The van der Waals surface area contributed by atoms with Gasteiger partial charge in [-0.2, -0.15) is 0 Å². The molecule has 1 N–H and O–H groups in total. The molecule has 0 unspecified atom stereocenters. The minimum absolute atomic E-state index is 0.0181. The van der Waals surface area contributed by atoms with Crippen LogP contribution in [0.15, 0.2) is 16.7 Å². The first-order valence-electron chi connectivity index (χ1n) is 5.79. The molecule has 4 nitrogen and oxygen atoms in total. The molecule has 1 heterocycles. The predicted molar refractivity (Wildman–Crippen MR) is 78.1 cm³/mol. The van der Waals surface area contributed by atoms with E-state index in [9.17, 15) is 4.79 Å². The number of amides is 1. The minimum atomic E-state index is -0.0181. The number of rotatable bonds is 5. The number of anilines is 1. The van der Waals surface area contributed by atoms with Gasteiger partial charge in [-0.3, -0.25) is 4.79 Å². The van der Waals surface area contributed by atoms with E-state index in [1.165, 1.54) is 0 Å². The van der Waals surface area contributed by atoms with E-state index in [0.29, 0.717) is 11.6 Å². The van der Waals surface area contributed by atoms with E-state index >= 15 is 0 Å². The van der Waals surface area contributed by atoms with Crippen LogP contribution in [0.3, 0.4) is 0 Å². The number of carbonyl (C=O) groups is 1. The van der Waals surface area contributed by atoms with Crippen LogP contribution in [0.25, 0.3) is 0 Å². The fourth-order valence-electron chi connectivity index (χ4n) is 1.52. The number of pyridine rings is 1. The van der Waals surface area contributed by atoms with Crippen molar-refractivity contribution in [3.05, 3.63) is 21.8 Å². The quantitative estimate of drug-likeness (QED) is 0.900. The molecule has 0 saturated carbocycles. The highest BCUT2D eigenvalue weighted by Gasteiger charge is 2.14. The molecule has 0 aliphatic carbocycles. The van der Waals surface area contributed by atoms with Crippen LogP contribution in [0.5, 0.6) is 0 Å². The van der Waals surface area contributed by atoms with Gasteiger partial charge in [-0.05, 0) is 42.8 Å². The smallest absolute Gasteiger partial charge is 0.239 e. The van der Waals surface area contributed by atoms with E-state index in [-0.39, 0.29) is 18.5 Å². The van der Waals surface area contributed by atoms with E-state index in [1.807, 2.05) is 25.7 Å². The summed E-state index contributed by atoms with van der Waals surface area (Å²) in [4.78, 5) is 17.9. The number of nitrogens with one attached hydrogen (secondary N) is 1. The summed E-state index contributed by atoms with van der Waals surface area (Å²) in [5.74, 6) is 0.705. The molecule has 1 aromatic heterocycles. The van der Waals surface area contributed by atoms with E-state index in [0.717, 1.165) is 10.3 Å². The molecule has 0 atom stereocenters. The molecule has 0 fully saturated rings. The van der Waals surface area contributed by atoms with Gasteiger partial charge < -0.3 is 10.2 Å². The standard InChI is InChI=1S/C12H17BrClN3O/c1-4-17(7-11(18)16-8(2)3)12-10(13)5-9(14)6-15-12/h5-6,8H,4,7H2,1-3H3,(H,16,18). The number of carbonyl (C=O) groups excluding carboxylic acids is 1. The van der Waals surface area contributed by atoms with Crippen molar-refractivity contribution in [2.45, 2.75) is 26.8 Å². The first kappa shape index (κ1) is 15.2. The van der Waals surface area contributed by atoms with Crippen molar-refractivity contribution in [2.75, 3.05) is 18.0 Å². The Hall–Kier alpha value is -0.810. The topological polar surface area (TPSA) is 45.2 Å². The molecule has 0 aliphatic rings. The molecule has 0 spiro atoms. The van der Waals surface area contributed by atoms with Gasteiger partial charge in [0.05, 0.1) is 16.0 Å². The summed E-state index contributed by atoms with van der Waals surface area (Å²) >= 11 is 9.26. The van der Waals surface area contributed by atoms with Crippen LogP contribution in [0.2, 0.25) is 5.02 Å². The summed E-state index contributed by atoms with van der Waals surface area (Å²) in [7, 11) is 0. The lowest BCUT2D eigenvalue weighted by atomic mass is 10.3. The molecule has 0 radical (unpaired) electrons. The highest BCUT2D eigenvalue weighted by Crippen LogP contribution is 2.26. The van der Waals surface area contributed by atoms with Crippen LogP contribution in [0.1, 0.15) is 20.8 Å². The second-order valence-electron chi connectivity index (χ2n) is 4.20. The maximum absolute atomic E-state index is 11.8. The second kappa shape index (κ2) is 6.95. The lowest BCUT2D eigenvalue weighted by molar-refractivity contribution is -0.120. The number of aromatic nitrogens is 1. The van der Waals surface area contributed by atoms with E-state index in [1.54, 1.807) is 12.3 Å². The van der Waals surface area contributed by atoms with Crippen molar-refractivity contribution in [3.63, 3.8) is 0 Å². The van der Waals surface area contributed by atoms with E-state index in [4.69, 9.17) is 11.6 Å². The van der Waals surface area contributed by atoms with Crippen molar-refractivity contribution >= 4 is 39.3 Å². The van der Waals surface area contributed by atoms with E-state index < -0.39 is 0 Å². The zero-order valence-corrected chi connectivity index (χ0v) is 13.0. The number of nitrogens with zero attached hydrogens (tertiary/aromatic N) is 2. The monoisotopic (exact) mass is 333 g/mol. The predicted octanol–water partition coefficient (Wildman–Crippen LogP) is 2.85. The summed E-state index contributed by atoms with van der Waals surface area (Å²) in [6.45, 7) is 6.82. The molecular formula is C12H17BrClN3O. The van der Waals surface area contributed by atoms with Gasteiger partial charge in [0, 0.05) is 18.8 Å². The third kappa shape index (κ3) is 4.46. The lowest BCUT2D eigenvalue weighted by Crippen LogP contribution is -2.40. The Morgan fingerprint density at radius 3 is 2.78 bits per heavy atom. The molecule has 0 aromatic carbocycles. The number of likely N-dealkylation sites (N-methyl/N-ethyl adjacent to an activating group) is 1. The Balaban J connectivity index is 2.80. The number of hydrogen-bond acceptors (Lipinski definition) is 3. The van der Waals surface area contributed by atoms with Crippen LogP contribution >= 0.6 is 27.5 Å². The van der Waals surface area contributed by atoms with Gasteiger partial charge in [0.15, 0.2) is 0 Å². The molecule has 0 bridgehead atoms. The third-order valence-corrected chi connectivity index (χ3v) is 3.04. The summed E-state index contributed by atoms with van der Waals surface area (Å²) in [5, 5.41) is 3.42. The second-order valence-corrected chi connectivity index (χ2v) is 5.49. The normalized spacial score (nSPS) is 10.6. The van der Waals surface area contributed by atoms with Crippen molar-refractivity contribution in [3.8, 4) is 0 Å². The maximum Gasteiger partial charge on any atom is 0.239 e. The summed E-state index contributed by atoms with van der Waals surface area (Å²) < 4.78 is 0.786. The largest absolute Gasteiger partial charge is 0.352 e. The van der Waals surface area contributed by atoms with Crippen LogP contribution < -0.4 is 10.2 Å². The molecule has 6 heteroatoms. The Kier molecular flexibility index (Phi) is 5.88. The van der Waals surface area contributed by atoms with Crippen LogP contribution in [-0.2, 0) is 4.79 Å². The minimum Gasteiger partial charge on any atom is -0.352 e. The van der Waals surface area contributed by atoms with Gasteiger partial charge >= 0.3 is 0 Å². The first-order valence-corrected chi connectivity index (χ1v) is 6.96. The van der Waals surface area contributed by atoms with Gasteiger partial charge in [-0.25, -0.2) is 4.98 Å². The Bertz CT molecular complexity index is 426. The Morgan fingerprint density at radius 1 is 1.61 bits per heavy atom. The number of hydrogen-bond donors (Lipinski definition) is 1. The SMILES string of the molecule is CCN(CC(=O)NC(C)C)c1ncc(Cl)cc1Br. The average Bonchev–Trinajstić information content (AvgIpc) is 2.25. The fourth-order valence-corrected chi connectivity index (χ4v) is 2.41. The van der Waals surface area contributed by atoms with Crippen molar-refractivity contribution in [1.29, 1.82) is 0 Å². The zero-order chi connectivity index (χ0) is 13.7. The van der Waals surface area contributed by atoms with Crippen LogP contribution in [0, 0.1) is 0 Å². The molecule has 0 saturated heterocycles. The summed E-state index contributed by atoms with van der Waals surface area (Å²) in [6.07, 6.45) is 1.57. The number of halogens is 2. The van der Waals surface area contributed by atoms with Crippen molar-refractivity contribution in [2.24, 2.45) is 0 Å². The molecule has 1 amide bonds. The summed E-state index contributed by atoms with van der Waals surface area (Å²) in [5.41, 5.74) is 0. The fraction of sp³-hybridized carbons (Fsp3) is 0.500. The maximum atomic E-state index is 11.8. The van der Waals surface area contributed by atoms with Gasteiger partial charge in [-0.15, -0.1) is 0 Å². The molecule has 1 aromatic rings. The Labute approximate surface area is 121 Å². The molecule has 100 valence electrons. The first-order chi connectivity index (χ1) is 8.43. The van der Waals surface area contributed by atoms with E-state index in [2.05, 4.69) is 26.2 Å².